The number of hydrogen-bond acceptors (Lipinski definition) is 12. The molecule has 12 nitrogen and oxygen atoms in total. The summed E-state index contributed by atoms with van der Waals surface area (Å²) >= 11 is 0. The molecule has 0 aromatic heterocycles. The topological polar surface area (TPSA) is 277 Å². The fourth-order valence-corrected chi connectivity index (χ4v) is 0. The fourth-order valence-electron chi connectivity index (χ4n) is 0. The normalized spacial score (nSPS) is 11.2. The Hall–Kier alpha value is 1.75. The van der Waals surface area contributed by atoms with Crippen LogP contribution in [0.4, 0.5) is 0 Å². The van der Waals surface area contributed by atoms with Crippen LogP contribution >= 0.6 is 0 Å². The van der Waals surface area contributed by atoms with E-state index in [9.17, 15) is 0 Å². The Morgan fingerprint density at radius 1 is 0.312 bits per heavy atom. The quantitative estimate of drug-likeness (QED) is 0.340. The van der Waals surface area contributed by atoms with Gasteiger partial charge in [-0.15, -0.1) is 30.7 Å². The smallest absolute Gasteiger partial charge is 0.222 e. The average molecular weight is 439 g/mol. The summed E-state index contributed by atoms with van der Waals surface area (Å²) in [5.74, 6) is 0. The van der Waals surface area contributed by atoms with Crippen molar-refractivity contribution in [2.24, 2.45) is 0 Å². The maximum atomic E-state index is 8.49. The first-order valence-electron chi connectivity index (χ1n) is 1.85. The second-order valence-electron chi connectivity index (χ2n) is 1.13. The molecular formula is Cl3O12Pr. The molecule has 0 aliphatic carbocycles. The van der Waals surface area contributed by atoms with Gasteiger partial charge in [-0.3, -0.25) is 0 Å². The van der Waals surface area contributed by atoms with Crippen LogP contribution in [0.15, 0.2) is 0 Å². The SMILES string of the molecule is [O-][Cl+3]([O-])([O-])[O-].[O-][Cl+3]([O-])([O-])[O-].[O-][Cl+3]([O-])([O-])[O-].[Pr+3]. The Kier molecular flexibility index (Phi) is 17.5. The molecule has 0 radical (unpaired) electrons. The van der Waals surface area contributed by atoms with Crippen molar-refractivity contribution in [3.05, 3.63) is 0 Å². The van der Waals surface area contributed by atoms with E-state index in [1.54, 1.807) is 0 Å². The Morgan fingerprint density at radius 3 is 0.312 bits per heavy atom. The molecule has 0 aromatic rings. The standard InChI is InChI=1S/3ClHO4.Pr/c3*2-1(3,4)5;/h3*(H,2,3,4,5);/q;;;+3/p-3. The molecule has 0 heterocycles. The number of rotatable bonds is 0. The van der Waals surface area contributed by atoms with Gasteiger partial charge in [0.25, 0.3) is 0 Å². The minimum Gasteiger partial charge on any atom is -0.222 e. The number of halogens is 3. The van der Waals surface area contributed by atoms with Gasteiger partial charge < -0.3 is 0 Å². The van der Waals surface area contributed by atoms with Crippen molar-refractivity contribution in [2.45, 2.75) is 0 Å². The molecule has 0 N–H and O–H groups in total. The van der Waals surface area contributed by atoms with Crippen LogP contribution in [0.5, 0.6) is 0 Å². The summed E-state index contributed by atoms with van der Waals surface area (Å²) < 4.78 is 102. The van der Waals surface area contributed by atoms with Crippen LogP contribution in [0.3, 0.4) is 0 Å². The van der Waals surface area contributed by atoms with Crippen molar-refractivity contribution < 1.29 is 128 Å². The minimum absolute atomic E-state index is 0. The van der Waals surface area contributed by atoms with Crippen LogP contribution < -0.4 is 55.9 Å². The van der Waals surface area contributed by atoms with Crippen LogP contribution in [-0.2, 0) is 0 Å². The van der Waals surface area contributed by atoms with Gasteiger partial charge in [-0.25, -0.2) is 55.9 Å². The predicted octanol–water partition coefficient (Wildman–Crippen LogP) is -14.3. The molecule has 0 rings (SSSR count). The molecule has 16 heteroatoms. The average Bonchev–Trinajstić information content (AvgIpc) is 1.41. The van der Waals surface area contributed by atoms with E-state index in [2.05, 4.69) is 0 Å². The maximum absolute atomic E-state index is 8.49. The first kappa shape index (κ1) is 26.3. The first-order chi connectivity index (χ1) is 6.00. The molecule has 0 fully saturated rings. The van der Waals surface area contributed by atoms with Gasteiger partial charge in [-0.1, -0.05) is 0 Å². The Morgan fingerprint density at radius 2 is 0.312 bits per heavy atom. The minimum atomic E-state index is -4.94. The van der Waals surface area contributed by atoms with Crippen molar-refractivity contribution in [1.82, 2.24) is 0 Å². The molecule has 0 amide bonds. The molecule has 0 atom stereocenters. The van der Waals surface area contributed by atoms with E-state index in [1.165, 1.54) is 0 Å². The maximum Gasteiger partial charge on any atom is 3.00 e. The fraction of sp³-hybridized carbons (Fsp3) is 0. The summed E-state index contributed by atoms with van der Waals surface area (Å²) in [7, 11) is -14.8. The predicted molar refractivity (Wildman–Crippen MR) is 0 cm³/mol. The second kappa shape index (κ2) is 10.7. The van der Waals surface area contributed by atoms with Crippen LogP contribution in [0.1, 0.15) is 0 Å². The van der Waals surface area contributed by atoms with Crippen molar-refractivity contribution in [3.8, 4) is 0 Å². The monoisotopic (exact) mass is 438 g/mol. The molecule has 0 saturated heterocycles. The van der Waals surface area contributed by atoms with Gasteiger partial charge in [0.05, 0.1) is 0 Å². The second-order valence-corrected chi connectivity index (χ2v) is 3.40. The van der Waals surface area contributed by atoms with Crippen molar-refractivity contribution >= 4 is 0 Å². The molecule has 96 valence electrons. The van der Waals surface area contributed by atoms with Crippen LogP contribution in [0.2, 0.25) is 0 Å². The molecular weight excluding hydrogens is 439 g/mol. The van der Waals surface area contributed by atoms with Gasteiger partial charge in [0.2, 0.25) is 0 Å². The van der Waals surface area contributed by atoms with Gasteiger partial charge >= 0.3 is 41.3 Å². The molecule has 0 aliphatic rings. The van der Waals surface area contributed by atoms with Crippen LogP contribution in [0.25, 0.3) is 0 Å². The molecule has 0 unspecified atom stereocenters. The zero-order valence-electron chi connectivity index (χ0n) is 6.61. The third kappa shape index (κ3) is 1120. The summed E-state index contributed by atoms with van der Waals surface area (Å²) in [6, 6.07) is 0. The molecule has 16 heavy (non-hydrogen) atoms. The zero-order chi connectivity index (χ0) is 13.5. The van der Waals surface area contributed by atoms with E-state index in [0.717, 1.165) is 0 Å². The molecule has 0 spiro atoms. The Balaban J connectivity index is -0.0000000655. The van der Waals surface area contributed by atoms with E-state index in [4.69, 9.17) is 55.9 Å². The van der Waals surface area contributed by atoms with Crippen molar-refractivity contribution in [3.63, 3.8) is 0 Å². The van der Waals surface area contributed by atoms with E-state index in [0.29, 0.717) is 0 Å². The summed E-state index contributed by atoms with van der Waals surface area (Å²) in [6.45, 7) is 0. The van der Waals surface area contributed by atoms with E-state index < -0.39 is 30.7 Å². The first-order valence-corrected chi connectivity index (χ1v) is 5.55. The third-order valence-electron chi connectivity index (χ3n) is 0. The molecule has 0 aromatic carbocycles. The van der Waals surface area contributed by atoms with Crippen LogP contribution in [-0.4, -0.2) is 0 Å². The van der Waals surface area contributed by atoms with Gasteiger partial charge in [0.15, 0.2) is 0 Å². The summed E-state index contributed by atoms with van der Waals surface area (Å²) in [5.41, 5.74) is 0. The number of hydrogen-bond donors (Lipinski definition) is 0. The van der Waals surface area contributed by atoms with Crippen molar-refractivity contribution in [1.29, 1.82) is 0 Å². The van der Waals surface area contributed by atoms with Gasteiger partial charge in [-0.2, -0.15) is 0 Å². The zero-order valence-corrected chi connectivity index (χ0v) is 12.6. The largest absolute Gasteiger partial charge is 3.00 e. The van der Waals surface area contributed by atoms with E-state index >= 15 is 0 Å². The third-order valence-corrected chi connectivity index (χ3v) is 0. The van der Waals surface area contributed by atoms with Gasteiger partial charge in [0.1, 0.15) is 0 Å². The van der Waals surface area contributed by atoms with Gasteiger partial charge in [-0.05, 0) is 0 Å². The summed E-state index contributed by atoms with van der Waals surface area (Å²) in [4.78, 5) is 0. The van der Waals surface area contributed by atoms with Gasteiger partial charge in [0, 0.05) is 0 Å². The molecule has 0 saturated carbocycles. The summed E-state index contributed by atoms with van der Waals surface area (Å²) in [5, 5.41) is 0. The molecule has 0 bridgehead atoms. The Labute approximate surface area is 127 Å². The molecule has 0 aliphatic heterocycles. The van der Waals surface area contributed by atoms with Crippen molar-refractivity contribution in [2.75, 3.05) is 0 Å². The van der Waals surface area contributed by atoms with E-state index in [-0.39, 0.29) is 41.3 Å². The summed E-state index contributed by atoms with van der Waals surface area (Å²) in [6.07, 6.45) is 0. The Bertz CT molecular complexity index is 91.3. The van der Waals surface area contributed by atoms with E-state index in [1.807, 2.05) is 0 Å². The van der Waals surface area contributed by atoms with Crippen LogP contribution in [0, 0.1) is 72.0 Å².